The number of hydrogen-bond acceptors (Lipinski definition) is 6. The highest BCUT2D eigenvalue weighted by Gasteiger charge is 2.34. The number of nitrogens with zero attached hydrogens (tertiary/aromatic N) is 2. The van der Waals surface area contributed by atoms with Crippen LogP contribution in [0.25, 0.3) is 0 Å². The minimum Gasteiger partial charge on any atom is -0.493 e. The molecule has 11 heteroatoms. The van der Waals surface area contributed by atoms with E-state index in [-0.39, 0.29) is 29.1 Å². The fraction of sp³-hybridized carbons (Fsp3) is 0.394. The number of benzene rings is 3. The zero-order chi connectivity index (χ0) is 32.6. The molecule has 3 rings (SSSR count). The maximum Gasteiger partial charge on any atom is 0.264 e. The van der Waals surface area contributed by atoms with Gasteiger partial charge >= 0.3 is 0 Å². The summed E-state index contributed by atoms with van der Waals surface area (Å²) in [5, 5.41) is 3.41. The average Bonchev–Trinajstić information content (AvgIpc) is 2.99. The van der Waals surface area contributed by atoms with Crippen LogP contribution in [0.2, 0.25) is 5.02 Å². The summed E-state index contributed by atoms with van der Waals surface area (Å²) in [7, 11) is -1.43. The maximum atomic E-state index is 14.3. The Morgan fingerprint density at radius 1 is 0.909 bits per heavy atom. The summed E-state index contributed by atoms with van der Waals surface area (Å²) in [6, 6.07) is 15.7. The van der Waals surface area contributed by atoms with Gasteiger partial charge in [-0.25, -0.2) is 8.42 Å². The number of amides is 2. The Balaban J connectivity index is 2.15. The lowest BCUT2D eigenvalue weighted by Gasteiger charge is -2.34. The highest BCUT2D eigenvalue weighted by atomic mass is 35.5. The molecular formula is C33H42ClN3O6S. The van der Waals surface area contributed by atoms with Gasteiger partial charge in [-0.3, -0.25) is 13.9 Å². The Hall–Kier alpha value is -3.76. The van der Waals surface area contributed by atoms with Gasteiger partial charge in [0.25, 0.3) is 10.0 Å². The van der Waals surface area contributed by atoms with Crippen LogP contribution in [0, 0.1) is 13.8 Å². The van der Waals surface area contributed by atoms with Crippen LogP contribution in [-0.4, -0.2) is 58.0 Å². The molecule has 0 saturated carbocycles. The fourth-order valence-corrected chi connectivity index (χ4v) is 6.51. The van der Waals surface area contributed by atoms with Crippen LogP contribution in [-0.2, 0) is 26.2 Å². The summed E-state index contributed by atoms with van der Waals surface area (Å²) < 4.78 is 40.4. The second-order valence-corrected chi connectivity index (χ2v) is 13.0. The van der Waals surface area contributed by atoms with E-state index in [1.165, 1.54) is 37.3 Å². The topological polar surface area (TPSA) is 105 Å². The van der Waals surface area contributed by atoms with Crippen molar-refractivity contribution in [1.82, 2.24) is 10.2 Å². The van der Waals surface area contributed by atoms with E-state index in [2.05, 4.69) is 5.32 Å². The minimum atomic E-state index is -4.31. The Labute approximate surface area is 266 Å². The smallest absolute Gasteiger partial charge is 0.264 e. The Morgan fingerprint density at radius 2 is 1.55 bits per heavy atom. The molecule has 0 saturated heterocycles. The van der Waals surface area contributed by atoms with E-state index in [1.54, 1.807) is 36.4 Å². The Morgan fingerprint density at radius 3 is 2.11 bits per heavy atom. The number of anilines is 1. The van der Waals surface area contributed by atoms with Crippen LogP contribution in [0.1, 0.15) is 50.3 Å². The Bertz CT molecular complexity index is 1560. The van der Waals surface area contributed by atoms with Crippen LogP contribution in [0.3, 0.4) is 0 Å². The molecule has 0 radical (unpaired) electrons. The van der Waals surface area contributed by atoms with E-state index >= 15 is 0 Å². The third-order valence-electron chi connectivity index (χ3n) is 7.40. The van der Waals surface area contributed by atoms with Crippen molar-refractivity contribution in [1.29, 1.82) is 0 Å². The van der Waals surface area contributed by atoms with Gasteiger partial charge in [0.15, 0.2) is 11.5 Å². The zero-order valence-electron chi connectivity index (χ0n) is 26.4. The lowest BCUT2D eigenvalue weighted by Crippen LogP contribution is -2.53. The van der Waals surface area contributed by atoms with Gasteiger partial charge in [-0.05, 0) is 80.6 Å². The van der Waals surface area contributed by atoms with Gasteiger partial charge in [-0.1, -0.05) is 49.7 Å². The number of sulfonamides is 1. The molecule has 44 heavy (non-hydrogen) atoms. The van der Waals surface area contributed by atoms with Gasteiger partial charge in [0, 0.05) is 23.7 Å². The molecule has 0 bridgehead atoms. The molecule has 0 aromatic heterocycles. The van der Waals surface area contributed by atoms with Crippen LogP contribution in [0.4, 0.5) is 5.69 Å². The van der Waals surface area contributed by atoms with Crippen molar-refractivity contribution in [2.24, 2.45) is 0 Å². The first-order valence-electron chi connectivity index (χ1n) is 14.5. The van der Waals surface area contributed by atoms with Crippen molar-refractivity contribution in [3.05, 3.63) is 82.4 Å². The number of ether oxygens (including phenoxy) is 2. The summed E-state index contributed by atoms with van der Waals surface area (Å²) in [5.74, 6) is -0.278. The van der Waals surface area contributed by atoms with Crippen LogP contribution in [0.5, 0.6) is 11.5 Å². The summed E-state index contributed by atoms with van der Waals surface area (Å²) in [6.07, 6.45) is 1.02. The van der Waals surface area contributed by atoms with E-state index in [0.717, 1.165) is 15.4 Å². The standard InChI is InChI=1S/C33H42ClN3O6S/c1-8-24(5)35-33(39)29(9-2)36(20-25-12-10-11-13-28(25)34)32(38)21-37(26-17-22(3)16-23(4)18-26)44(40,41)27-14-15-30(42-6)31(19-27)43-7/h10-19,24,29H,8-9,20-21H2,1-7H3,(H,35,39)/t24-,29+/m1/s1. The molecule has 0 heterocycles. The second kappa shape index (κ2) is 15.3. The summed E-state index contributed by atoms with van der Waals surface area (Å²) in [6.45, 7) is 8.84. The largest absolute Gasteiger partial charge is 0.493 e. The molecule has 0 aliphatic heterocycles. The van der Waals surface area contributed by atoms with Gasteiger partial charge in [0.2, 0.25) is 11.8 Å². The normalized spacial score (nSPS) is 12.6. The van der Waals surface area contributed by atoms with E-state index in [9.17, 15) is 18.0 Å². The monoisotopic (exact) mass is 643 g/mol. The third-order valence-corrected chi connectivity index (χ3v) is 9.54. The number of methoxy groups -OCH3 is 2. The molecule has 0 aliphatic rings. The van der Waals surface area contributed by atoms with Crippen molar-refractivity contribution in [2.75, 3.05) is 25.1 Å². The quantitative estimate of drug-likeness (QED) is 0.235. The molecule has 0 fully saturated rings. The summed E-state index contributed by atoms with van der Waals surface area (Å²) in [5.41, 5.74) is 2.61. The van der Waals surface area contributed by atoms with Gasteiger partial charge in [-0.2, -0.15) is 0 Å². The van der Waals surface area contributed by atoms with Crippen LogP contribution in [0.15, 0.2) is 65.6 Å². The summed E-state index contributed by atoms with van der Waals surface area (Å²) >= 11 is 6.48. The summed E-state index contributed by atoms with van der Waals surface area (Å²) in [4.78, 5) is 29.1. The molecule has 0 unspecified atom stereocenters. The molecule has 9 nitrogen and oxygen atoms in total. The van der Waals surface area contributed by atoms with E-state index in [0.29, 0.717) is 34.9 Å². The molecular weight excluding hydrogens is 602 g/mol. The lowest BCUT2D eigenvalue weighted by molar-refractivity contribution is -0.140. The van der Waals surface area contributed by atoms with E-state index in [4.69, 9.17) is 21.1 Å². The molecule has 238 valence electrons. The molecule has 2 amide bonds. The van der Waals surface area contributed by atoms with Crippen molar-refractivity contribution in [2.45, 2.75) is 71.0 Å². The van der Waals surface area contributed by atoms with Crippen molar-refractivity contribution >= 4 is 39.1 Å². The fourth-order valence-electron chi connectivity index (χ4n) is 4.90. The molecule has 0 spiro atoms. The van der Waals surface area contributed by atoms with Crippen LogP contribution < -0.4 is 19.1 Å². The minimum absolute atomic E-state index is 0.0159. The SMILES string of the molecule is CC[C@@H](C)NC(=O)[C@H](CC)N(Cc1ccccc1Cl)C(=O)CN(c1cc(C)cc(C)c1)S(=O)(=O)c1ccc(OC)c(OC)c1. The first kappa shape index (κ1) is 34.7. The molecule has 0 aliphatic carbocycles. The number of halogens is 1. The second-order valence-electron chi connectivity index (χ2n) is 10.7. The van der Waals surface area contributed by atoms with Crippen molar-refractivity contribution < 1.29 is 27.5 Å². The third kappa shape index (κ3) is 8.24. The molecule has 3 aromatic carbocycles. The number of hydrogen-bond donors (Lipinski definition) is 1. The first-order chi connectivity index (χ1) is 20.9. The van der Waals surface area contributed by atoms with Gasteiger partial charge in [0.1, 0.15) is 12.6 Å². The van der Waals surface area contributed by atoms with Crippen molar-refractivity contribution in [3.63, 3.8) is 0 Å². The first-order valence-corrected chi connectivity index (χ1v) is 16.3. The number of aryl methyl sites for hydroxylation is 2. The maximum absolute atomic E-state index is 14.3. The van der Waals surface area contributed by atoms with E-state index < -0.39 is 28.5 Å². The van der Waals surface area contributed by atoms with Gasteiger partial charge in [-0.15, -0.1) is 0 Å². The number of carbonyl (C=O) groups excluding carboxylic acids is 2. The van der Waals surface area contributed by atoms with Crippen LogP contribution >= 0.6 is 11.6 Å². The number of rotatable bonds is 14. The predicted molar refractivity (Wildman–Crippen MR) is 174 cm³/mol. The Kier molecular flexibility index (Phi) is 12.1. The molecule has 1 N–H and O–H groups in total. The number of carbonyl (C=O) groups is 2. The van der Waals surface area contributed by atoms with Gasteiger partial charge in [0.05, 0.1) is 24.8 Å². The lowest BCUT2D eigenvalue weighted by atomic mass is 10.1. The number of nitrogens with one attached hydrogen (secondary N) is 1. The van der Waals surface area contributed by atoms with E-state index in [1.807, 2.05) is 40.7 Å². The molecule has 2 atom stereocenters. The predicted octanol–water partition coefficient (Wildman–Crippen LogP) is 5.89. The average molecular weight is 644 g/mol. The zero-order valence-corrected chi connectivity index (χ0v) is 28.0. The molecule has 3 aromatic rings. The highest BCUT2D eigenvalue weighted by molar-refractivity contribution is 7.92. The van der Waals surface area contributed by atoms with Crippen molar-refractivity contribution in [3.8, 4) is 11.5 Å². The van der Waals surface area contributed by atoms with Gasteiger partial charge < -0.3 is 19.7 Å². The highest BCUT2D eigenvalue weighted by Crippen LogP contribution is 2.33.